The van der Waals surface area contributed by atoms with Gasteiger partial charge in [0, 0.05) is 22.9 Å². The first kappa shape index (κ1) is 22.4. The van der Waals surface area contributed by atoms with Gasteiger partial charge in [-0.1, -0.05) is 25.1 Å². The number of rotatable bonds is 8. The quantitative estimate of drug-likeness (QED) is 0.247. The highest BCUT2D eigenvalue weighted by Gasteiger charge is 2.11. The van der Waals surface area contributed by atoms with Crippen LogP contribution in [0.15, 0.2) is 71.8 Å². The highest BCUT2D eigenvalue weighted by molar-refractivity contribution is 8.02. The van der Waals surface area contributed by atoms with Gasteiger partial charge < -0.3 is 15.2 Å². The number of thioether (sulfide) groups is 1. The molecule has 0 unspecified atom stereocenters. The van der Waals surface area contributed by atoms with Crippen molar-refractivity contribution in [2.45, 2.75) is 13.3 Å². The second-order valence-electron chi connectivity index (χ2n) is 6.82. The number of ether oxygens (including phenoxy) is 1. The van der Waals surface area contributed by atoms with Crippen molar-refractivity contribution in [2.24, 2.45) is 0 Å². The van der Waals surface area contributed by atoms with Gasteiger partial charge in [0.1, 0.15) is 17.3 Å². The van der Waals surface area contributed by atoms with Crippen LogP contribution in [-0.4, -0.2) is 24.3 Å². The van der Waals surface area contributed by atoms with Crippen molar-refractivity contribution >= 4 is 23.2 Å². The standard InChI is InChI=1S/C25H24FNO3S/c1-4-16-13-19(28)8-11-23(16)27-25(31-3)15-24(29)18-7-5-6-17(12-18)21-14-20(30-2)9-10-22(21)26/h5-15,27-28H,4H2,1-3H3/b25-15-. The minimum atomic E-state index is -0.383. The molecule has 3 aromatic carbocycles. The Morgan fingerprint density at radius 1 is 1.16 bits per heavy atom. The third-order valence-electron chi connectivity index (χ3n) is 4.84. The Balaban J connectivity index is 1.89. The maximum Gasteiger partial charge on any atom is 0.188 e. The molecule has 0 amide bonds. The molecule has 0 fully saturated rings. The number of hydrogen-bond donors (Lipinski definition) is 2. The molecule has 0 saturated heterocycles. The maximum absolute atomic E-state index is 14.3. The summed E-state index contributed by atoms with van der Waals surface area (Å²) in [6.45, 7) is 2.00. The fourth-order valence-corrected chi connectivity index (χ4v) is 3.61. The normalized spacial score (nSPS) is 11.3. The van der Waals surface area contributed by atoms with Crippen molar-refractivity contribution in [3.8, 4) is 22.6 Å². The third-order valence-corrected chi connectivity index (χ3v) is 5.50. The lowest BCUT2D eigenvalue weighted by molar-refractivity contribution is 0.104. The van der Waals surface area contributed by atoms with E-state index in [1.165, 1.54) is 31.0 Å². The number of aryl methyl sites for hydroxylation is 1. The number of carbonyl (C=O) groups is 1. The number of carbonyl (C=O) groups excluding carboxylic acids is 1. The summed E-state index contributed by atoms with van der Waals surface area (Å²) in [6.07, 6.45) is 4.14. The van der Waals surface area contributed by atoms with Crippen molar-refractivity contribution in [1.82, 2.24) is 0 Å². The van der Waals surface area contributed by atoms with Crippen LogP contribution in [-0.2, 0) is 6.42 Å². The summed E-state index contributed by atoms with van der Waals surface area (Å²) < 4.78 is 19.5. The van der Waals surface area contributed by atoms with Crippen LogP contribution in [0, 0.1) is 5.82 Å². The van der Waals surface area contributed by atoms with Gasteiger partial charge in [-0.15, -0.1) is 11.8 Å². The molecule has 0 aromatic heterocycles. The summed E-state index contributed by atoms with van der Waals surface area (Å²) in [7, 11) is 1.52. The molecule has 0 heterocycles. The minimum Gasteiger partial charge on any atom is -0.508 e. The van der Waals surface area contributed by atoms with Gasteiger partial charge in [0.2, 0.25) is 0 Å². The fourth-order valence-electron chi connectivity index (χ4n) is 3.17. The van der Waals surface area contributed by atoms with Crippen LogP contribution in [0.25, 0.3) is 11.1 Å². The van der Waals surface area contributed by atoms with E-state index in [4.69, 9.17) is 4.74 Å². The molecular weight excluding hydrogens is 413 g/mol. The van der Waals surface area contributed by atoms with Gasteiger partial charge in [-0.3, -0.25) is 4.79 Å². The van der Waals surface area contributed by atoms with Gasteiger partial charge in [-0.05, 0) is 66.3 Å². The number of hydrogen-bond acceptors (Lipinski definition) is 5. The summed E-state index contributed by atoms with van der Waals surface area (Å²) in [5, 5.41) is 13.6. The molecule has 3 aromatic rings. The first-order valence-electron chi connectivity index (χ1n) is 9.78. The monoisotopic (exact) mass is 437 g/mol. The van der Waals surface area contributed by atoms with Gasteiger partial charge in [-0.2, -0.15) is 0 Å². The Morgan fingerprint density at radius 2 is 1.97 bits per heavy atom. The number of nitrogens with one attached hydrogen (secondary N) is 1. The number of halogens is 1. The third kappa shape index (κ3) is 5.47. The molecule has 6 heteroatoms. The van der Waals surface area contributed by atoms with E-state index in [2.05, 4.69) is 5.32 Å². The Labute approximate surface area is 185 Å². The molecule has 0 spiro atoms. The first-order valence-corrected chi connectivity index (χ1v) is 11.0. The molecule has 160 valence electrons. The van der Waals surface area contributed by atoms with E-state index in [9.17, 15) is 14.3 Å². The summed E-state index contributed by atoms with van der Waals surface area (Å²) in [5.41, 5.74) is 3.21. The molecule has 0 saturated carbocycles. The molecule has 31 heavy (non-hydrogen) atoms. The summed E-state index contributed by atoms with van der Waals surface area (Å²) in [4.78, 5) is 12.9. The first-order chi connectivity index (χ1) is 14.9. The minimum absolute atomic E-state index is 0.196. The van der Waals surface area contributed by atoms with Crippen LogP contribution in [0.4, 0.5) is 10.1 Å². The number of phenols is 1. The molecule has 0 aliphatic heterocycles. The van der Waals surface area contributed by atoms with Crippen LogP contribution in [0.3, 0.4) is 0 Å². The molecule has 2 N–H and O–H groups in total. The van der Waals surface area contributed by atoms with Crippen LogP contribution in [0.5, 0.6) is 11.5 Å². The zero-order valence-corrected chi connectivity index (χ0v) is 18.4. The second kappa shape index (κ2) is 10.2. The van der Waals surface area contributed by atoms with Crippen LogP contribution >= 0.6 is 11.8 Å². The van der Waals surface area contributed by atoms with Crippen LogP contribution < -0.4 is 10.1 Å². The summed E-state index contributed by atoms with van der Waals surface area (Å²) in [6, 6.07) is 16.5. The molecule has 0 radical (unpaired) electrons. The molecule has 0 atom stereocenters. The SMILES string of the molecule is CCc1cc(O)ccc1N/C(=C/C(=O)c1cccc(-c2cc(OC)ccc2F)c1)SC. The molecule has 0 bridgehead atoms. The number of methoxy groups -OCH3 is 1. The number of aromatic hydroxyl groups is 1. The van der Waals surface area contributed by atoms with Crippen molar-refractivity contribution in [3.63, 3.8) is 0 Å². The van der Waals surface area contributed by atoms with Gasteiger partial charge in [0.05, 0.1) is 12.1 Å². The van der Waals surface area contributed by atoms with E-state index in [-0.39, 0.29) is 17.3 Å². The number of benzene rings is 3. The van der Waals surface area contributed by atoms with Crippen molar-refractivity contribution in [3.05, 3.63) is 88.7 Å². The van der Waals surface area contributed by atoms with E-state index in [0.717, 1.165) is 17.7 Å². The predicted molar refractivity (Wildman–Crippen MR) is 125 cm³/mol. The largest absolute Gasteiger partial charge is 0.508 e. The molecule has 4 nitrogen and oxygen atoms in total. The zero-order valence-electron chi connectivity index (χ0n) is 17.6. The Morgan fingerprint density at radius 3 is 2.68 bits per heavy atom. The fraction of sp³-hybridized carbons (Fsp3) is 0.160. The van der Waals surface area contributed by atoms with Crippen molar-refractivity contribution < 1.29 is 19.0 Å². The van der Waals surface area contributed by atoms with Crippen molar-refractivity contribution in [2.75, 3.05) is 18.7 Å². The highest BCUT2D eigenvalue weighted by atomic mass is 32.2. The van der Waals surface area contributed by atoms with Crippen LogP contribution in [0.2, 0.25) is 0 Å². The molecule has 3 rings (SSSR count). The average molecular weight is 438 g/mol. The zero-order chi connectivity index (χ0) is 22.4. The Bertz CT molecular complexity index is 1130. The molecule has 0 aliphatic rings. The van der Waals surface area contributed by atoms with E-state index in [1.54, 1.807) is 54.6 Å². The predicted octanol–water partition coefficient (Wildman–Crippen LogP) is 6.27. The molecular formula is C25H24FNO3S. The topological polar surface area (TPSA) is 58.6 Å². The number of allylic oxidation sites excluding steroid dienone is 1. The van der Waals surface area contributed by atoms with E-state index in [1.807, 2.05) is 13.2 Å². The Kier molecular flexibility index (Phi) is 7.36. The number of phenolic OH excluding ortho intramolecular Hbond substituents is 1. The summed E-state index contributed by atoms with van der Waals surface area (Å²) >= 11 is 1.41. The smallest absolute Gasteiger partial charge is 0.188 e. The van der Waals surface area contributed by atoms with E-state index < -0.39 is 0 Å². The van der Waals surface area contributed by atoms with Gasteiger partial charge in [-0.25, -0.2) is 4.39 Å². The number of ketones is 1. The lowest BCUT2D eigenvalue weighted by atomic mass is 10.0. The summed E-state index contributed by atoms with van der Waals surface area (Å²) in [5.74, 6) is 0.169. The highest BCUT2D eigenvalue weighted by Crippen LogP contribution is 2.29. The average Bonchev–Trinajstić information content (AvgIpc) is 2.79. The van der Waals surface area contributed by atoms with E-state index >= 15 is 0 Å². The van der Waals surface area contributed by atoms with Crippen LogP contribution in [0.1, 0.15) is 22.8 Å². The molecule has 0 aliphatic carbocycles. The lowest BCUT2D eigenvalue weighted by Crippen LogP contribution is -2.03. The van der Waals surface area contributed by atoms with Crippen molar-refractivity contribution in [1.29, 1.82) is 0 Å². The maximum atomic E-state index is 14.3. The van der Waals surface area contributed by atoms with Gasteiger partial charge in [0.25, 0.3) is 0 Å². The Hall–Kier alpha value is -3.25. The second-order valence-corrected chi connectivity index (χ2v) is 7.67. The lowest BCUT2D eigenvalue weighted by Gasteiger charge is -2.13. The van der Waals surface area contributed by atoms with E-state index in [0.29, 0.717) is 27.5 Å². The number of anilines is 1. The van der Waals surface area contributed by atoms with Gasteiger partial charge in [0.15, 0.2) is 5.78 Å². The van der Waals surface area contributed by atoms with Gasteiger partial charge >= 0.3 is 0 Å².